The molecule has 0 unspecified atom stereocenters. The lowest BCUT2D eigenvalue weighted by atomic mass is 9.94. The normalized spacial score (nSPS) is 19.9. The molecule has 7 nitrogen and oxygen atoms in total. The van der Waals surface area contributed by atoms with Gasteiger partial charge in [-0.3, -0.25) is 4.79 Å². The van der Waals surface area contributed by atoms with Gasteiger partial charge in [0.05, 0.1) is 30.3 Å². The van der Waals surface area contributed by atoms with E-state index < -0.39 is 22.2 Å². The van der Waals surface area contributed by atoms with Crippen LogP contribution < -0.4 is 0 Å². The number of fused-ring (bicyclic) bond motifs is 3. The molecule has 0 saturated heterocycles. The van der Waals surface area contributed by atoms with Gasteiger partial charge >= 0.3 is 0 Å². The van der Waals surface area contributed by atoms with E-state index >= 15 is 0 Å². The van der Waals surface area contributed by atoms with E-state index in [2.05, 4.69) is 0 Å². The molecule has 0 saturated carbocycles. The van der Waals surface area contributed by atoms with E-state index in [1.807, 2.05) is 62.4 Å². The molecule has 0 aliphatic carbocycles. The van der Waals surface area contributed by atoms with Gasteiger partial charge in [-0.05, 0) is 41.1 Å². The molecule has 4 rings (SSSR count). The van der Waals surface area contributed by atoms with E-state index in [9.17, 15) is 18.3 Å². The fourth-order valence-corrected chi connectivity index (χ4v) is 6.68. The number of carbonyl (C=O) groups is 1. The number of thiophene rings is 1. The number of likely N-dealkylation sites (N-methyl/N-ethyl adjacent to an activating group) is 1. The minimum Gasteiger partial charge on any atom is -0.394 e. The fraction of sp³-hybridized carbons (Fsp3) is 0.370. The maximum absolute atomic E-state index is 13.8. The topological polar surface area (TPSA) is 87.2 Å². The van der Waals surface area contributed by atoms with E-state index in [0.717, 1.165) is 16.7 Å². The van der Waals surface area contributed by atoms with Crippen LogP contribution in [0.1, 0.15) is 29.8 Å². The molecule has 1 aliphatic heterocycles. The first-order valence-electron chi connectivity index (χ1n) is 11.9. The molecule has 3 atom stereocenters. The van der Waals surface area contributed by atoms with Crippen molar-refractivity contribution in [3.8, 4) is 11.1 Å². The Kier molecular flexibility index (Phi) is 8.27. The molecule has 0 fully saturated rings. The quantitative estimate of drug-likeness (QED) is 0.521. The van der Waals surface area contributed by atoms with Gasteiger partial charge in [0.25, 0.3) is 5.91 Å². The number of ether oxygens (including phenoxy) is 1. The Labute approximate surface area is 217 Å². The molecule has 36 heavy (non-hydrogen) atoms. The van der Waals surface area contributed by atoms with Crippen molar-refractivity contribution in [1.29, 1.82) is 0 Å². The van der Waals surface area contributed by atoms with E-state index in [0.29, 0.717) is 12.1 Å². The van der Waals surface area contributed by atoms with Gasteiger partial charge in [0, 0.05) is 37.0 Å². The highest BCUT2D eigenvalue weighted by Crippen LogP contribution is 2.31. The summed E-state index contributed by atoms with van der Waals surface area (Å²) < 4.78 is 33.9. The summed E-state index contributed by atoms with van der Waals surface area (Å²) in [5, 5.41) is 13.3. The zero-order valence-electron chi connectivity index (χ0n) is 20.7. The lowest BCUT2D eigenvalue weighted by Gasteiger charge is -2.34. The van der Waals surface area contributed by atoms with Crippen LogP contribution in [0.15, 0.2) is 70.3 Å². The largest absolute Gasteiger partial charge is 0.394 e. The molecular weight excluding hydrogens is 496 g/mol. The zero-order chi connectivity index (χ0) is 25.9. The second-order valence-electron chi connectivity index (χ2n) is 9.26. The summed E-state index contributed by atoms with van der Waals surface area (Å²) in [6, 6.07) is 16.4. The van der Waals surface area contributed by atoms with Crippen molar-refractivity contribution >= 4 is 27.3 Å². The van der Waals surface area contributed by atoms with Crippen molar-refractivity contribution < 1.29 is 23.1 Å². The van der Waals surface area contributed by atoms with Gasteiger partial charge in [-0.2, -0.15) is 15.6 Å². The molecule has 1 aromatic heterocycles. The number of carbonyl (C=O) groups excluding carboxylic acids is 1. The molecule has 2 heterocycles. The lowest BCUT2D eigenvalue weighted by molar-refractivity contribution is -0.0146. The van der Waals surface area contributed by atoms with Gasteiger partial charge in [0.1, 0.15) is 0 Å². The van der Waals surface area contributed by atoms with Gasteiger partial charge < -0.3 is 14.7 Å². The highest BCUT2D eigenvalue weighted by atomic mass is 32.2. The van der Waals surface area contributed by atoms with Crippen molar-refractivity contribution in [3.05, 3.63) is 76.5 Å². The number of hydrogen-bond acceptors (Lipinski definition) is 6. The van der Waals surface area contributed by atoms with E-state index in [-0.39, 0.29) is 36.5 Å². The molecule has 0 bridgehead atoms. The molecule has 3 aromatic rings. The Morgan fingerprint density at radius 3 is 2.44 bits per heavy atom. The second kappa shape index (κ2) is 11.2. The van der Waals surface area contributed by atoms with Crippen LogP contribution >= 0.6 is 11.3 Å². The third kappa shape index (κ3) is 5.40. The molecule has 1 amide bonds. The molecule has 0 spiro atoms. The van der Waals surface area contributed by atoms with Gasteiger partial charge in [-0.1, -0.05) is 49.4 Å². The third-order valence-corrected chi connectivity index (χ3v) is 9.39. The van der Waals surface area contributed by atoms with Crippen molar-refractivity contribution in [3.63, 3.8) is 0 Å². The molecule has 1 aliphatic rings. The van der Waals surface area contributed by atoms with Gasteiger partial charge in [0.2, 0.25) is 10.0 Å². The van der Waals surface area contributed by atoms with E-state index in [1.54, 1.807) is 28.8 Å². The number of rotatable bonds is 6. The number of aliphatic hydroxyl groups is 1. The van der Waals surface area contributed by atoms with E-state index in [1.165, 1.54) is 15.6 Å². The minimum atomic E-state index is -3.67. The van der Waals surface area contributed by atoms with E-state index in [4.69, 9.17) is 4.74 Å². The van der Waals surface area contributed by atoms with Crippen LogP contribution in [0.3, 0.4) is 0 Å². The summed E-state index contributed by atoms with van der Waals surface area (Å²) in [6.45, 7) is 4.29. The monoisotopic (exact) mass is 528 g/mol. The average molecular weight is 529 g/mol. The Hall–Kier alpha value is -2.56. The Balaban J connectivity index is 1.74. The Bertz CT molecular complexity index is 1290. The van der Waals surface area contributed by atoms with Crippen LogP contribution in [0, 0.1) is 5.92 Å². The molecule has 192 valence electrons. The average Bonchev–Trinajstić information content (AvgIpc) is 3.44. The maximum atomic E-state index is 13.8. The number of aliphatic hydroxyl groups excluding tert-OH is 1. The lowest BCUT2D eigenvalue weighted by Crippen LogP contribution is -2.47. The number of amides is 1. The number of hydrogen-bond donors (Lipinski definition) is 1. The smallest absolute Gasteiger partial charge is 0.254 e. The predicted octanol–water partition coefficient (Wildman–Crippen LogP) is 4.09. The van der Waals surface area contributed by atoms with Crippen molar-refractivity contribution in [1.82, 2.24) is 9.21 Å². The van der Waals surface area contributed by atoms with Gasteiger partial charge in [0.15, 0.2) is 0 Å². The maximum Gasteiger partial charge on any atom is 0.254 e. The van der Waals surface area contributed by atoms with Crippen molar-refractivity contribution in [2.75, 3.05) is 26.7 Å². The number of sulfonamides is 1. The summed E-state index contributed by atoms with van der Waals surface area (Å²) in [7, 11) is -2.12. The first-order valence-corrected chi connectivity index (χ1v) is 14.3. The highest BCUT2D eigenvalue weighted by Gasteiger charge is 2.32. The summed E-state index contributed by atoms with van der Waals surface area (Å²) in [5.41, 5.74) is 3.18. The minimum absolute atomic E-state index is 0.129. The van der Waals surface area contributed by atoms with Crippen LogP contribution in [-0.2, 0) is 21.4 Å². The Morgan fingerprint density at radius 2 is 1.78 bits per heavy atom. The molecule has 0 radical (unpaired) electrons. The van der Waals surface area contributed by atoms with Crippen LogP contribution in [-0.4, -0.2) is 67.5 Å². The van der Waals surface area contributed by atoms with Crippen molar-refractivity contribution in [2.24, 2.45) is 5.92 Å². The summed E-state index contributed by atoms with van der Waals surface area (Å²) >= 11 is 1.33. The number of nitrogens with zero attached hydrogens (tertiary/aromatic N) is 2. The number of benzene rings is 2. The van der Waals surface area contributed by atoms with Crippen LogP contribution in [0.2, 0.25) is 0 Å². The molecule has 9 heteroatoms. The van der Waals surface area contributed by atoms with Crippen LogP contribution in [0.5, 0.6) is 0 Å². The first-order chi connectivity index (χ1) is 17.2. The Morgan fingerprint density at radius 1 is 1.11 bits per heavy atom. The van der Waals surface area contributed by atoms with Crippen LogP contribution in [0.4, 0.5) is 0 Å². The summed E-state index contributed by atoms with van der Waals surface area (Å²) in [4.78, 5) is 15.8. The molecule has 2 aromatic carbocycles. The van der Waals surface area contributed by atoms with Crippen molar-refractivity contribution in [2.45, 2.75) is 37.5 Å². The third-order valence-electron chi connectivity index (χ3n) is 6.73. The van der Waals surface area contributed by atoms with Crippen LogP contribution in [0.25, 0.3) is 11.1 Å². The summed E-state index contributed by atoms with van der Waals surface area (Å²) in [5.74, 6) is -0.380. The standard InChI is InChI=1S/C27H32N2O5S2/c1-19-14-29(20(2)16-30)27(31)25-11-7-6-10-24(25)23-9-5-4-8-21(23)17-34-26(19)15-28(3)36(32,33)22-12-13-35-18-22/h4-13,18-20,26,30H,14-17H2,1-3H3/t19-,20-,26+/m0/s1. The zero-order valence-corrected chi connectivity index (χ0v) is 22.3. The van der Waals surface area contributed by atoms with Gasteiger partial charge in [-0.25, -0.2) is 8.42 Å². The SMILES string of the molecule is C[C@H]1CN([C@@H](C)CO)C(=O)c2ccccc2-c2ccccc2CO[C@@H]1CN(C)S(=O)(=O)c1ccsc1. The highest BCUT2D eigenvalue weighted by molar-refractivity contribution is 7.89. The molecular formula is C27H32N2O5S2. The summed E-state index contributed by atoms with van der Waals surface area (Å²) in [6.07, 6.45) is -0.487. The first kappa shape index (κ1) is 26.5. The molecule has 1 N–H and O–H groups in total. The van der Waals surface area contributed by atoms with Gasteiger partial charge in [-0.15, -0.1) is 0 Å². The predicted molar refractivity (Wildman–Crippen MR) is 141 cm³/mol. The fourth-order valence-electron chi connectivity index (χ4n) is 4.48. The second-order valence-corrected chi connectivity index (χ2v) is 12.1.